The van der Waals surface area contributed by atoms with Crippen LogP contribution in [0.15, 0.2) is 42.3 Å². The van der Waals surface area contributed by atoms with Crippen LogP contribution in [0.5, 0.6) is 5.75 Å². The highest BCUT2D eigenvalue weighted by Crippen LogP contribution is 2.14. The molecule has 0 heterocycles. The number of hydrogen-bond acceptors (Lipinski definition) is 3. The third-order valence-corrected chi connectivity index (χ3v) is 2.23. The topological polar surface area (TPSA) is 63.6 Å². The summed E-state index contributed by atoms with van der Waals surface area (Å²) in [5.74, 6) is 0.544. The van der Waals surface area contributed by atoms with E-state index in [4.69, 9.17) is 9.29 Å². The minimum Gasteiger partial charge on any atom is -0.497 e. The fraction of sp³-hybridized carbons (Fsp3) is 0.111. The van der Waals surface area contributed by atoms with Crippen molar-refractivity contribution in [2.45, 2.75) is 4.90 Å². The molecule has 0 fully saturated rings. The Labute approximate surface area is 83.6 Å². The van der Waals surface area contributed by atoms with Crippen LogP contribution in [0.25, 0.3) is 0 Å². The Morgan fingerprint density at radius 2 is 1.64 bits per heavy atom. The first-order valence-electron chi connectivity index (χ1n) is 3.65. The molecule has 0 radical (unpaired) electrons. The Morgan fingerprint density at radius 3 is 1.93 bits per heavy atom. The predicted octanol–water partition coefficient (Wildman–Crippen LogP) is 1.74. The highest BCUT2D eigenvalue weighted by molar-refractivity contribution is 7.85. The maximum absolute atomic E-state index is 10.5. The summed E-state index contributed by atoms with van der Waals surface area (Å²) in [7, 11) is -2.61. The molecule has 4 nitrogen and oxygen atoms in total. The maximum Gasteiger partial charge on any atom is 0.294 e. The molecule has 0 aromatic heterocycles. The Balaban J connectivity index is 0.000000791. The molecule has 0 aliphatic rings. The Kier molecular flexibility index (Phi) is 4.90. The fourth-order valence-corrected chi connectivity index (χ4v) is 1.23. The van der Waals surface area contributed by atoms with Crippen molar-refractivity contribution >= 4 is 10.1 Å². The van der Waals surface area contributed by atoms with Gasteiger partial charge < -0.3 is 4.74 Å². The van der Waals surface area contributed by atoms with Crippen LogP contribution in [-0.2, 0) is 10.1 Å². The van der Waals surface area contributed by atoms with Gasteiger partial charge in [0.1, 0.15) is 5.75 Å². The molecular formula is C9H12O4S. The van der Waals surface area contributed by atoms with E-state index in [9.17, 15) is 8.42 Å². The summed E-state index contributed by atoms with van der Waals surface area (Å²) in [4.78, 5) is -0.136. The Morgan fingerprint density at radius 1 is 1.21 bits per heavy atom. The zero-order chi connectivity index (χ0) is 11.2. The average Bonchev–Trinajstić information content (AvgIpc) is 2.20. The summed E-state index contributed by atoms with van der Waals surface area (Å²) < 4.78 is 34.5. The molecule has 1 N–H and O–H groups in total. The van der Waals surface area contributed by atoms with Gasteiger partial charge in [-0.25, -0.2) is 0 Å². The monoisotopic (exact) mass is 216 g/mol. The third-order valence-electron chi connectivity index (χ3n) is 1.36. The van der Waals surface area contributed by atoms with Crippen LogP contribution in [-0.4, -0.2) is 20.1 Å². The number of hydrogen-bond donors (Lipinski definition) is 1. The van der Waals surface area contributed by atoms with E-state index in [-0.39, 0.29) is 4.90 Å². The first-order chi connectivity index (χ1) is 6.54. The van der Waals surface area contributed by atoms with E-state index < -0.39 is 10.1 Å². The highest BCUT2D eigenvalue weighted by Gasteiger charge is 2.07. The van der Waals surface area contributed by atoms with Gasteiger partial charge in [-0.1, -0.05) is 0 Å². The summed E-state index contributed by atoms with van der Waals surface area (Å²) in [6.07, 6.45) is 0. The first-order valence-corrected chi connectivity index (χ1v) is 5.09. The third kappa shape index (κ3) is 3.59. The summed E-state index contributed by atoms with van der Waals surface area (Å²) in [5, 5.41) is 0. The second-order valence-corrected chi connectivity index (χ2v) is 3.57. The summed E-state index contributed by atoms with van der Waals surface area (Å²) in [6, 6.07) is 5.47. The minimum atomic E-state index is -4.08. The quantitative estimate of drug-likeness (QED) is 0.604. The van der Waals surface area contributed by atoms with Gasteiger partial charge in [-0.3, -0.25) is 4.55 Å². The molecular weight excluding hydrogens is 204 g/mol. The normalized spacial score (nSPS) is 9.86. The average molecular weight is 216 g/mol. The Bertz CT molecular complexity index is 366. The van der Waals surface area contributed by atoms with Gasteiger partial charge in [0.25, 0.3) is 10.1 Å². The molecule has 0 spiro atoms. The molecule has 0 unspecified atom stereocenters. The largest absolute Gasteiger partial charge is 0.497 e. The molecule has 0 saturated carbocycles. The summed E-state index contributed by atoms with van der Waals surface area (Å²) in [6.45, 7) is 6.00. The van der Waals surface area contributed by atoms with Crippen molar-refractivity contribution in [2.24, 2.45) is 0 Å². The van der Waals surface area contributed by atoms with Gasteiger partial charge in [-0.05, 0) is 24.3 Å². The van der Waals surface area contributed by atoms with Gasteiger partial charge in [0.2, 0.25) is 0 Å². The zero-order valence-corrected chi connectivity index (χ0v) is 8.62. The van der Waals surface area contributed by atoms with Crippen molar-refractivity contribution in [1.29, 1.82) is 0 Å². The van der Waals surface area contributed by atoms with E-state index in [1.54, 1.807) is 0 Å². The van der Waals surface area contributed by atoms with Crippen molar-refractivity contribution in [3.8, 4) is 5.75 Å². The molecule has 0 atom stereocenters. The van der Waals surface area contributed by atoms with Crippen molar-refractivity contribution < 1.29 is 17.7 Å². The predicted molar refractivity (Wildman–Crippen MR) is 54.1 cm³/mol. The van der Waals surface area contributed by atoms with E-state index in [1.165, 1.54) is 31.4 Å². The van der Waals surface area contributed by atoms with Crippen LogP contribution in [0.1, 0.15) is 0 Å². The molecule has 0 aliphatic carbocycles. The lowest BCUT2D eigenvalue weighted by Gasteiger charge is -1.99. The lowest BCUT2D eigenvalue weighted by atomic mass is 10.3. The maximum atomic E-state index is 10.5. The number of rotatable bonds is 2. The number of benzene rings is 1. The zero-order valence-electron chi connectivity index (χ0n) is 7.80. The van der Waals surface area contributed by atoms with Crippen LogP contribution in [0.3, 0.4) is 0 Å². The molecule has 1 aromatic carbocycles. The van der Waals surface area contributed by atoms with Crippen LogP contribution < -0.4 is 4.74 Å². The Hall–Kier alpha value is -1.33. The minimum absolute atomic E-state index is 0.136. The number of methoxy groups -OCH3 is 1. The molecule has 1 rings (SSSR count). The second-order valence-electron chi connectivity index (χ2n) is 2.15. The van der Waals surface area contributed by atoms with Crippen molar-refractivity contribution in [1.82, 2.24) is 0 Å². The molecule has 78 valence electrons. The second kappa shape index (κ2) is 5.41. The van der Waals surface area contributed by atoms with Crippen molar-refractivity contribution in [3.05, 3.63) is 37.4 Å². The molecule has 14 heavy (non-hydrogen) atoms. The van der Waals surface area contributed by atoms with Crippen LogP contribution in [0.2, 0.25) is 0 Å². The molecule has 0 bridgehead atoms. The molecule has 0 aliphatic heterocycles. The first kappa shape index (κ1) is 12.7. The van der Waals surface area contributed by atoms with E-state index in [1.807, 2.05) is 0 Å². The molecule has 1 aromatic rings. The lowest BCUT2D eigenvalue weighted by molar-refractivity contribution is 0.414. The van der Waals surface area contributed by atoms with E-state index in [0.29, 0.717) is 5.75 Å². The van der Waals surface area contributed by atoms with Crippen LogP contribution in [0.4, 0.5) is 0 Å². The van der Waals surface area contributed by atoms with E-state index >= 15 is 0 Å². The van der Waals surface area contributed by atoms with Crippen LogP contribution in [0, 0.1) is 0 Å². The van der Waals surface area contributed by atoms with Crippen molar-refractivity contribution in [2.75, 3.05) is 7.11 Å². The van der Waals surface area contributed by atoms with Gasteiger partial charge in [-0.2, -0.15) is 8.42 Å². The highest BCUT2D eigenvalue weighted by atomic mass is 32.2. The SMILES string of the molecule is C=C.COc1ccc(S(=O)(=O)O)cc1. The van der Waals surface area contributed by atoms with Crippen LogP contribution >= 0.6 is 0 Å². The standard InChI is InChI=1S/C7H8O4S.C2H4/c1-11-6-2-4-7(5-3-6)12(8,9)10;1-2/h2-5H,1H3,(H,8,9,10);1-2H2. The van der Waals surface area contributed by atoms with Gasteiger partial charge in [0, 0.05) is 0 Å². The smallest absolute Gasteiger partial charge is 0.294 e. The molecule has 5 heteroatoms. The summed E-state index contributed by atoms with van der Waals surface area (Å²) >= 11 is 0. The van der Waals surface area contributed by atoms with E-state index in [2.05, 4.69) is 13.2 Å². The van der Waals surface area contributed by atoms with Crippen molar-refractivity contribution in [3.63, 3.8) is 0 Å². The summed E-state index contributed by atoms with van der Waals surface area (Å²) in [5.41, 5.74) is 0. The van der Waals surface area contributed by atoms with Gasteiger partial charge in [0.15, 0.2) is 0 Å². The number of ether oxygens (including phenoxy) is 1. The lowest BCUT2D eigenvalue weighted by Crippen LogP contribution is -1.97. The van der Waals surface area contributed by atoms with Gasteiger partial charge in [0.05, 0.1) is 12.0 Å². The molecule has 0 saturated heterocycles. The molecule has 0 amide bonds. The van der Waals surface area contributed by atoms with Gasteiger partial charge >= 0.3 is 0 Å². The fourth-order valence-electron chi connectivity index (χ4n) is 0.748. The van der Waals surface area contributed by atoms with Gasteiger partial charge in [-0.15, -0.1) is 13.2 Å². The van der Waals surface area contributed by atoms with E-state index in [0.717, 1.165) is 0 Å².